The van der Waals surface area contributed by atoms with E-state index in [0.717, 1.165) is 12.2 Å². The topological polar surface area (TPSA) is 322 Å². The molecule has 23 heteroatoms. The van der Waals surface area contributed by atoms with E-state index in [1.807, 2.05) is 0 Å². The fourth-order valence-electron chi connectivity index (χ4n) is 6.43. The maximum atomic E-state index is 13.5. The van der Waals surface area contributed by atoms with E-state index in [-0.39, 0.29) is 50.0 Å². The van der Waals surface area contributed by atoms with Gasteiger partial charge in [0.05, 0.1) is 29.1 Å². The normalized spacial score (nSPS) is 15.4. The summed E-state index contributed by atoms with van der Waals surface area (Å²) >= 11 is 0. The highest BCUT2D eigenvalue weighted by molar-refractivity contribution is 7.91. The van der Waals surface area contributed by atoms with E-state index >= 15 is 0 Å². The molecule has 2 aliphatic carbocycles. The maximum Gasteiger partial charge on any atom is 0.323 e. The van der Waals surface area contributed by atoms with Crippen molar-refractivity contribution < 1.29 is 58.0 Å². The first-order chi connectivity index (χ1) is 29.1. The molecule has 20 nitrogen and oxygen atoms in total. The summed E-state index contributed by atoms with van der Waals surface area (Å²) in [6.07, 6.45) is 1.98. The number of hydrogen-bond acceptors (Lipinski definition) is 15. The number of hydrazone groups is 2. The Labute approximate surface area is 352 Å². The zero-order valence-corrected chi connectivity index (χ0v) is 34.3. The van der Waals surface area contributed by atoms with Crippen LogP contribution in [0.4, 0.5) is 33.2 Å². The standard InChI is InChI=1S/C39H31N7O13S3/c1-19-11-30(40)32(59-2)18-31(19)44-46-36-34(62(56,57)58)17-23-14-25(7-10-29(23)38(36)48)42-39(49)41-24-6-9-28-22(13-24)16-33(61(53,54)55)35(37(28)47)45-43-26-5-3-21-15-27(60(50,51)52)8-4-20(21)12-26/h3-18,43-44H,40H2,1-2H3,(H2,41,42,49)(H,50,51,52)(H,53,54,55)(H,56,57,58)/b45-35-,46-36-. The number of aryl methyl sites for hydroxylation is 1. The van der Waals surface area contributed by atoms with Gasteiger partial charge in [0.25, 0.3) is 30.4 Å². The molecule has 5 aromatic rings. The minimum absolute atomic E-state index is 0.00690. The van der Waals surface area contributed by atoms with Gasteiger partial charge >= 0.3 is 6.03 Å². The molecule has 0 saturated carbocycles. The summed E-state index contributed by atoms with van der Waals surface area (Å²) in [5.74, 6) is -1.48. The SMILES string of the molecule is COc1cc(N/N=C2\C(=O)c3ccc(NC(=O)Nc4ccc5c(c4)C=C(S(=O)(=O)O)/C(=N/Nc4ccc6cc(S(=O)(=O)O)ccc6c4)C5=O)cc3C=C2S(=O)(=O)O)c(C)cc1N. The van der Waals surface area contributed by atoms with Gasteiger partial charge in [0, 0.05) is 28.6 Å². The summed E-state index contributed by atoms with van der Waals surface area (Å²) in [5, 5.41) is 13.9. The molecular weight excluding hydrogens is 871 g/mol. The van der Waals surface area contributed by atoms with Gasteiger partial charge in [0.1, 0.15) is 15.6 Å². The monoisotopic (exact) mass is 901 g/mol. The van der Waals surface area contributed by atoms with Gasteiger partial charge < -0.3 is 21.1 Å². The van der Waals surface area contributed by atoms with Crippen LogP contribution in [0.15, 0.2) is 110 Å². The van der Waals surface area contributed by atoms with Gasteiger partial charge in [-0.3, -0.25) is 34.1 Å². The number of nitrogens with one attached hydrogen (secondary N) is 4. The van der Waals surface area contributed by atoms with Crippen molar-refractivity contribution in [1.82, 2.24) is 0 Å². The number of carbonyl (C=O) groups excluding carboxylic acids is 3. The van der Waals surface area contributed by atoms with Crippen molar-refractivity contribution in [3.05, 3.63) is 123 Å². The van der Waals surface area contributed by atoms with Gasteiger partial charge in [0.15, 0.2) is 11.4 Å². The zero-order chi connectivity index (χ0) is 44.9. The first-order valence-electron chi connectivity index (χ1n) is 17.6. The minimum atomic E-state index is -5.05. The zero-order valence-electron chi connectivity index (χ0n) is 31.9. The molecule has 0 unspecified atom stereocenters. The number of ketones is 2. The Kier molecular flexibility index (Phi) is 11.0. The molecule has 0 aliphatic heterocycles. The number of benzene rings is 5. The average molecular weight is 902 g/mol. The number of anilines is 5. The van der Waals surface area contributed by atoms with E-state index in [2.05, 4.69) is 31.7 Å². The van der Waals surface area contributed by atoms with Crippen LogP contribution in [0.5, 0.6) is 5.75 Å². The number of hydrogen-bond donors (Lipinski definition) is 8. The highest BCUT2D eigenvalue weighted by Crippen LogP contribution is 2.32. The smallest absolute Gasteiger partial charge is 0.323 e. The van der Waals surface area contributed by atoms with Gasteiger partial charge in [-0.15, -0.1) is 0 Å². The Morgan fingerprint density at radius 2 is 1.13 bits per heavy atom. The number of amides is 2. The minimum Gasteiger partial charge on any atom is -0.495 e. The molecule has 0 heterocycles. The van der Waals surface area contributed by atoms with Crippen LogP contribution in [0.1, 0.15) is 37.4 Å². The number of urea groups is 1. The maximum absolute atomic E-state index is 13.5. The van der Waals surface area contributed by atoms with E-state index in [4.69, 9.17) is 10.5 Å². The van der Waals surface area contributed by atoms with Crippen molar-refractivity contribution in [3.8, 4) is 5.75 Å². The number of Topliss-reactive ketones (excluding diaryl/α,β-unsaturated/α-hetero) is 2. The number of fused-ring (bicyclic) bond motifs is 3. The van der Waals surface area contributed by atoms with Crippen LogP contribution in [0.3, 0.4) is 0 Å². The summed E-state index contributed by atoms with van der Waals surface area (Å²) in [6, 6.07) is 18.3. The van der Waals surface area contributed by atoms with Crippen molar-refractivity contribution in [2.75, 3.05) is 34.3 Å². The average Bonchev–Trinajstić information content (AvgIpc) is 3.19. The van der Waals surface area contributed by atoms with Crippen LogP contribution >= 0.6 is 0 Å². The van der Waals surface area contributed by atoms with E-state index in [9.17, 15) is 53.3 Å². The van der Waals surface area contributed by atoms with Crippen LogP contribution in [-0.4, -0.2) is 75.0 Å². The van der Waals surface area contributed by atoms with E-state index < -0.39 is 69.2 Å². The third kappa shape index (κ3) is 8.78. The van der Waals surface area contributed by atoms with Gasteiger partial charge in [-0.2, -0.15) is 35.5 Å². The molecule has 0 spiro atoms. The van der Waals surface area contributed by atoms with Crippen molar-refractivity contribution in [2.24, 2.45) is 10.2 Å². The Morgan fingerprint density at radius 3 is 1.65 bits per heavy atom. The quantitative estimate of drug-likeness (QED) is 0.0493. The Balaban J connectivity index is 1.09. The highest BCUT2D eigenvalue weighted by Gasteiger charge is 2.34. The van der Waals surface area contributed by atoms with Crippen LogP contribution < -0.4 is 32.0 Å². The second-order valence-electron chi connectivity index (χ2n) is 13.6. The molecular formula is C39H31N7O13S3. The molecule has 0 bridgehead atoms. The molecule has 2 aliphatic rings. The van der Waals surface area contributed by atoms with Crippen LogP contribution in [0, 0.1) is 6.92 Å². The lowest BCUT2D eigenvalue weighted by Gasteiger charge is -2.18. The van der Waals surface area contributed by atoms with Gasteiger partial charge in [-0.1, -0.05) is 12.1 Å². The predicted octanol–water partition coefficient (Wildman–Crippen LogP) is 5.42. The predicted molar refractivity (Wildman–Crippen MR) is 231 cm³/mol. The van der Waals surface area contributed by atoms with Crippen molar-refractivity contribution in [3.63, 3.8) is 0 Å². The third-order valence-electron chi connectivity index (χ3n) is 9.41. The first-order valence-corrected chi connectivity index (χ1v) is 21.9. The van der Waals surface area contributed by atoms with Gasteiger partial charge in [-0.05, 0) is 113 Å². The number of nitrogens with two attached hydrogens (primary N) is 1. The lowest BCUT2D eigenvalue weighted by molar-refractivity contribution is 0.105. The Bertz CT molecular complexity index is 3290. The van der Waals surface area contributed by atoms with Crippen LogP contribution in [0.2, 0.25) is 0 Å². The van der Waals surface area contributed by atoms with Crippen molar-refractivity contribution in [1.29, 1.82) is 0 Å². The number of nitrogens with zero attached hydrogens (tertiary/aromatic N) is 2. The Morgan fingerprint density at radius 1 is 0.629 bits per heavy atom. The number of nitrogen functional groups attached to an aromatic ring is 1. The summed E-state index contributed by atoms with van der Waals surface area (Å²) < 4.78 is 107. The third-order valence-corrected chi connectivity index (χ3v) is 12.0. The number of rotatable bonds is 10. The van der Waals surface area contributed by atoms with Crippen molar-refractivity contribution in [2.45, 2.75) is 11.8 Å². The van der Waals surface area contributed by atoms with Gasteiger partial charge in [-0.25, -0.2) is 4.79 Å². The molecule has 0 fully saturated rings. The molecule has 5 aromatic carbocycles. The van der Waals surface area contributed by atoms with E-state index in [0.29, 0.717) is 27.7 Å². The molecule has 0 radical (unpaired) electrons. The fraction of sp³-hybridized carbons (Fsp3) is 0.0513. The molecule has 62 heavy (non-hydrogen) atoms. The molecule has 7 rings (SSSR count). The molecule has 0 atom stereocenters. The number of carbonyl (C=O) groups is 3. The molecule has 0 aromatic heterocycles. The molecule has 318 valence electrons. The summed E-state index contributed by atoms with van der Waals surface area (Å²) in [6.45, 7) is 1.68. The van der Waals surface area contributed by atoms with Crippen LogP contribution in [0.25, 0.3) is 22.9 Å². The van der Waals surface area contributed by atoms with E-state index in [1.165, 1.54) is 86.0 Å². The number of allylic oxidation sites excluding steroid dienone is 2. The van der Waals surface area contributed by atoms with Gasteiger partial charge in [0.2, 0.25) is 11.6 Å². The largest absolute Gasteiger partial charge is 0.495 e. The summed E-state index contributed by atoms with van der Waals surface area (Å²) in [7, 11) is -13.1. The van der Waals surface area contributed by atoms with Crippen LogP contribution in [-0.2, 0) is 30.4 Å². The fourth-order valence-corrected chi connectivity index (χ4v) is 8.26. The molecule has 9 N–H and O–H groups in total. The lowest BCUT2D eigenvalue weighted by atomic mass is 9.94. The first kappa shape index (κ1) is 42.8. The lowest BCUT2D eigenvalue weighted by Crippen LogP contribution is -2.27. The Hall–Kier alpha value is -7.28. The molecule has 2 amide bonds. The number of ether oxygens (including phenoxy) is 1. The second kappa shape index (κ2) is 16.0. The second-order valence-corrected chi connectivity index (χ2v) is 17.8. The highest BCUT2D eigenvalue weighted by atomic mass is 32.2. The molecule has 0 saturated heterocycles. The summed E-state index contributed by atoms with van der Waals surface area (Å²) in [5.41, 5.74) is 11.4. The summed E-state index contributed by atoms with van der Waals surface area (Å²) in [4.78, 5) is 38.2. The van der Waals surface area contributed by atoms with E-state index in [1.54, 1.807) is 13.0 Å². The number of methoxy groups -OCH3 is 1. The van der Waals surface area contributed by atoms with Crippen molar-refractivity contribution >= 4 is 111 Å².